The molecule has 0 radical (unpaired) electrons. The summed E-state index contributed by atoms with van der Waals surface area (Å²) < 4.78 is 10.2. The van der Waals surface area contributed by atoms with E-state index in [1.165, 1.54) is 152 Å². The predicted octanol–water partition coefficient (Wildman–Crippen LogP) is 21.5. The van der Waals surface area contributed by atoms with Crippen molar-refractivity contribution in [3.05, 3.63) is 322 Å². The first-order valence-electron chi connectivity index (χ1n) is 33.7. The van der Waals surface area contributed by atoms with Gasteiger partial charge in [-0.05, 0) is 232 Å². The third-order valence-electron chi connectivity index (χ3n) is 20.1. The van der Waals surface area contributed by atoms with Gasteiger partial charge in [0, 0.05) is 13.2 Å². The zero-order valence-electron chi connectivity index (χ0n) is 56.5. The Bertz CT molecular complexity index is 5630. The molecule has 16 aromatic rings. The fraction of sp³-hybridized carbons (Fsp3) is 0.0851. The Hall–Kier alpha value is -10.3. The summed E-state index contributed by atoms with van der Waals surface area (Å²) in [5, 5.41) is 25.7. The predicted molar refractivity (Wildman–Crippen MR) is 418 cm³/mol. The molecule has 0 unspecified atom stereocenters. The van der Waals surface area contributed by atoms with Crippen LogP contribution >= 0.6 is 0 Å². The number of benzene rings is 16. The summed E-state index contributed by atoms with van der Waals surface area (Å²) in [5.41, 5.74) is 24.5. The van der Waals surface area contributed by atoms with Gasteiger partial charge in [0.2, 0.25) is 0 Å². The quantitative estimate of drug-likeness (QED) is 0.0936. The number of rotatable bonds is 8. The molecule has 0 atom stereocenters. The number of halogens is 1. The second kappa shape index (κ2) is 27.8. The number of esters is 1. The minimum atomic E-state index is -1.01. The van der Waals surface area contributed by atoms with Crippen LogP contribution in [0.3, 0.4) is 0 Å². The molecule has 19 rings (SSSR count). The van der Waals surface area contributed by atoms with Crippen molar-refractivity contribution in [2.24, 2.45) is 0 Å². The molecule has 1 saturated heterocycles. The van der Waals surface area contributed by atoms with E-state index in [1.807, 2.05) is 38.1 Å². The van der Waals surface area contributed by atoms with Crippen LogP contribution in [0.15, 0.2) is 303 Å². The zero-order valence-corrected chi connectivity index (χ0v) is 59.5. The molecule has 4 nitrogen and oxygen atoms in total. The normalized spacial score (nSPS) is 12.2. The van der Waals surface area contributed by atoms with Gasteiger partial charge >= 0.3 is 29.0 Å². The number of methoxy groups -OCH3 is 1. The molecule has 0 bridgehead atoms. The molecule has 0 spiro atoms. The number of hydrogen-bond donors (Lipinski definition) is 1. The average Bonchev–Trinajstić information content (AvgIpc) is 1.54. The van der Waals surface area contributed by atoms with Gasteiger partial charge in [0.05, 0.1) is 18.3 Å². The summed E-state index contributed by atoms with van der Waals surface area (Å²) in [5.74, 6) is -0.337. The minimum Gasteiger partial charge on any atom is -1.00 e. The van der Waals surface area contributed by atoms with Crippen molar-refractivity contribution < 1.29 is 36.4 Å². The Labute approximate surface area is 611 Å². The first kappa shape index (κ1) is 66.9. The van der Waals surface area contributed by atoms with Gasteiger partial charge in [-0.3, -0.25) is 0 Å². The van der Waals surface area contributed by atoms with E-state index in [2.05, 4.69) is 279 Å². The van der Waals surface area contributed by atoms with Crippen LogP contribution in [0.4, 0.5) is 0 Å². The molecule has 0 aromatic heterocycles. The van der Waals surface area contributed by atoms with Crippen molar-refractivity contribution in [2.45, 2.75) is 32.3 Å². The second-order valence-electron chi connectivity index (χ2n) is 26.2. The van der Waals surface area contributed by atoms with Crippen LogP contribution in [-0.4, -0.2) is 54.5 Å². The molecule has 100 heavy (non-hydrogen) atoms. The molecule has 480 valence electrons. The van der Waals surface area contributed by atoms with Gasteiger partial charge < -0.3 is 39.0 Å². The van der Waals surface area contributed by atoms with Crippen LogP contribution in [0.1, 0.15) is 42.6 Å². The molecule has 2 aliphatic carbocycles. The van der Waals surface area contributed by atoms with E-state index in [0.717, 1.165) is 62.6 Å². The van der Waals surface area contributed by atoms with Gasteiger partial charge in [0.25, 0.3) is 0 Å². The van der Waals surface area contributed by atoms with Gasteiger partial charge in [0.15, 0.2) is 0 Å². The van der Waals surface area contributed by atoms with Crippen LogP contribution in [0.2, 0.25) is 0 Å². The Balaban J connectivity index is 0.000000155. The maximum Gasteiger partial charge on any atom is 2.00 e. The molecular formula is C94H71BrMgO4. The Morgan fingerprint density at radius 1 is 0.340 bits per heavy atom. The standard InChI is InChI=1S/C45H32O.C44H28O2.C4H8O.CH3.BrH.Mg/c1-45(2,46)39-27-31-19-10-9-18-30(31)26-38(39)32-24-25-37-42-33(32)22-13-23-36(42)43-40(28-14-5-3-6-15-28)34-20-11-12-21-35(34)41(44(37)43)29-16-7-4-8-17-29;1-46-44(45)38-26-30-18-9-8-17-29(30)25-37(38)31-23-24-36-41-32(31)21-12-22-35(41)42-39(27-13-4-2-5-14-27)33-19-10-11-20-34(33)40(43(36)42)28-15-6-3-7-16-28;1-2-4-5-3-1;;;/h3-27,46H,1-2H3;2-26H,1H3;1-4H2;1H3;1H;/q;;;-1;;+2/p-1. The third-order valence-corrected chi connectivity index (χ3v) is 20.1. The molecular weight excluding hydrogens is 1300 g/mol. The van der Waals surface area contributed by atoms with E-state index in [-0.39, 0.29) is 53.4 Å². The van der Waals surface area contributed by atoms with E-state index in [0.29, 0.717) is 5.56 Å². The van der Waals surface area contributed by atoms with Crippen molar-refractivity contribution in [3.8, 4) is 111 Å². The van der Waals surface area contributed by atoms with Gasteiger partial charge in [-0.1, -0.05) is 279 Å². The molecule has 16 aromatic carbocycles. The molecule has 3 aliphatic rings. The molecule has 1 aliphatic heterocycles. The summed E-state index contributed by atoms with van der Waals surface area (Å²) >= 11 is 0. The van der Waals surface area contributed by atoms with E-state index in [1.54, 1.807) is 0 Å². The van der Waals surface area contributed by atoms with E-state index < -0.39 is 5.60 Å². The summed E-state index contributed by atoms with van der Waals surface area (Å²) in [6, 6.07) is 108. The summed E-state index contributed by atoms with van der Waals surface area (Å²) in [4.78, 5) is 13.2. The van der Waals surface area contributed by atoms with Crippen LogP contribution in [-0.2, 0) is 15.1 Å². The van der Waals surface area contributed by atoms with Gasteiger partial charge in [0.1, 0.15) is 0 Å². The van der Waals surface area contributed by atoms with E-state index in [9.17, 15) is 9.90 Å². The van der Waals surface area contributed by atoms with Crippen molar-refractivity contribution in [3.63, 3.8) is 0 Å². The Morgan fingerprint density at radius 2 is 0.640 bits per heavy atom. The maximum atomic E-state index is 13.2. The average molecular weight is 1370 g/mol. The fourth-order valence-corrected chi connectivity index (χ4v) is 15.9. The van der Waals surface area contributed by atoms with Crippen molar-refractivity contribution in [1.29, 1.82) is 0 Å². The van der Waals surface area contributed by atoms with Gasteiger partial charge in [-0.2, -0.15) is 0 Å². The van der Waals surface area contributed by atoms with Gasteiger partial charge in [-0.25, -0.2) is 4.79 Å². The van der Waals surface area contributed by atoms with Crippen molar-refractivity contribution in [2.75, 3.05) is 20.3 Å². The largest absolute Gasteiger partial charge is 2.00 e. The maximum absolute atomic E-state index is 13.2. The number of ether oxygens (including phenoxy) is 2. The van der Waals surface area contributed by atoms with Crippen LogP contribution in [0.5, 0.6) is 0 Å². The second-order valence-corrected chi connectivity index (χ2v) is 26.2. The fourth-order valence-electron chi connectivity index (χ4n) is 15.9. The molecule has 0 saturated carbocycles. The van der Waals surface area contributed by atoms with Crippen molar-refractivity contribution in [1.82, 2.24) is 0 Å². The molecule has 1 fully saturated rings. The first-order chi connectivity index (χ1) is 47.7. The number of aliphatic hydroxyl groups is 1. The third kappa shape index (κ3) is 11.4. The number of carbonyl (C=O) groups is 1. The van der Waals surface area contributed by atoms with Gasteiger partial charge in [-0.15, -0.1) is 0 Å². The summed E-state index contributed by atoms with van der Waals surface area (Å²) in [6.07, 6.45) is 2.56. The SMILES string of the molecule is C1CCOC1.CC(C)(O)c1cc2ccccc2cc1-c1ccc2c3c(cccc13)-c1c-2c(-c2ccccc2)c2ccccc2c1-c1ccccc1.COC(=O)c1cc2ccccc2cc1-c1ccc2c3c(cccc13)-c1c-2c(-c2ccccc2)c2ccccc2c1-c1ccccc1.[Br-].[CH3-].[Mg+2]. The smallest absolute Gasteiger partial charge is 1.00 e. The zero-order chi connectivity index (χ0) is 65.3. The molecule has 1 heterocycles. The van der Waals surface area contributed by atoms with Crippen molar-refractivity contribution >= 4 is 93.7 Å². The summed E-state index contributed by atoms with van der Waals surface area (Å²) in [6.45, 7) is 5.78. The van der Waals surface area contributed by atoms with Crippen LogP contribution in [0, 0.1) is 7.43 Å². The molecule has 6 heteroatoms. The van der Waals surface area contributed by atoms with Crippen LogP contribution < -0.4 is 17.0 Å². The first-order valence-corrected chi connectivity index (χ1v) is 33.7. The number of hydrogen-bond acceptors (Lipinski definition) is 4. The summed E-state index contributed by atoms with van der Waals surface area (Å²) in [7, 11) is 1.45. The van der Waals surface area contributed by atoms with E-state index >= 15 is 0 Å². The molecule has 1 N–H and O–H groups in total. The minimum absolute atomic E-state index is 0. The Kier molecular flexibility index (Phi) is 18.6. The van der Waals surface area contributed by atoms with Crippen LogP contribution in [0.25, 0.3) is 176 Å². The number of fused-ring (bicyclic) bond motifs is 10. The molecule has 0 amide bonds. The monoisotopic (exact) mass is 1370 g/mol. The Morgan fingerprint density at radius 3 is 0.990 bits per heavy atom. The number of carbonyl (C=O) groups excluding carboxylic acids is 1. The van der Waals surface area contributed by atoms with E-state index in [4.69, 9.17) is 9.47 Å². The topological polar surface area (TPSA) is 55.8 Å².